The van der Waals surface area contributed by atoms with Gasteiger partial charge in [-0.2, -0.15) is 0 Å². The molecule has 0 saturated heterocycles. The molecular weight excluding hydrogens is 263 g/mol. The predicted molar refractivity (Wildman–Crippen MR) is 88.3 cm³/mol. The Kier molecular flexibility index (Phi) is 6.50. The topological polar surface area (TPSA) is 15.3 Å². The highest BCUT2D eigenvalue weighted by Gasteiger charge is 2.21. The maximum absolute atomic E-state index is 13.6. The van der Waals surface area contributed by atoms with Crippen LogP contribution in [0.5, 0.6) is 0 Å². The van der Waals surface area contributed by atoms with Crippen LogP contribution in [0.15, 0.2) is 18.2 Å². The Labute approximate surface area is 128 Å². The van der Waals surface area contributed by atoms with Crippen molar-refractivity contribution in [1.29, 1.82) is 0 Å². The molecular formula is C18H29FN2. The van der Waals surface area contributed by atoms with Crippen molar-refractivity contribution in [2.45, 2.75) is 65.0 Å². The Balaban J connectivity index is 2.10. The van der Waals surface area contributed by atoms with E-state index in [0.29, 0.717) is 6.04 Å². The lowest BCUT2D eigenvalue weighted by atomic mass is 10.1. The van der Waals surface area contributed by atoms with E-state index in [1.807, 2.05) is 6.07 Å². The molecule has 21 heavy (non-hydrogen) atoms. The van der Waals surface area contributed by atoms with Gasteiger partial charge in [0.2, 0.25) is 0 Å². The van der Waals surface area contributed by atoms with Crippen molar-refractivity contribution in [3.8, 4) is 0 Å². The molecule has 0 atom stereocenters. The highest BCUT2D eigenvalue weighted by molar-refractivity contribution is 5.54. The zero-order chi connectivity index (χ0) is 15.1. The number of rotatable bonds is 10. The largest absolute Gasteiger partial charge is 0.371 e. The molecule has 2 rings (SSSR count). The Morgan fingerprint density at radius 2 is 1.81 bits per heavy atom. The zero-order valence-corrected chi connectivity index (χ0v) is 13.5. The maximum Gasteiger partial charge on any atom is 0.123 e. The van der Waals surface area contributed by atoms with E-state index in [9.17, 15) is 4.39 Å². The summed E-state index contributed by atoms with van der Waals surface area (Å²) >= 11 is 0. The van der Waals surface area contributed by atoms with Crippen molar-refractivity contribution in [3.63, 3.8) is 0 Å². The molecule has 1 N–H and O–H groups in total. The molecule has 0 unspecified atom stereocenters. The molecule has 1 aliphatic carbocycles. The first kappa shape index (κ1) is 16.3. The number of benzene rings is 1. The van der Waals surface area contributed by atoms with Crippen LogP contribution in [0.3, 0.4) is 0 Å². The fraction of sp³-hybridized carbons (Fsp3) is 0.667. The minimum absolute atomic E-state index is 0.128. The van der Waals surface area contributed by atoms with Gasteiger partial charge in [-0.1, -0.05) is 26.7 Å². The third-order valence-corrected chi connectivity index (χ3v) is 4.10. The van der Waals surface area contributed by atoms with E-state index in [1.54, 1.807) is 12.1 Å². The summed E-state index contributed by atoms with van der Waals surface area (Å²) in [7, 11) is 0. The van der Waals surface area contributed by atoms with E-state index in [0.717, 1.165) is 25.2 Å². The first-order valence-corrected chi connectivity index (χ1v) is 8.51. The molecule has 1 saturated carbocycles. The van der Waals surface area contributed by atoms with Crippen LogP contribution in [0.1, 0.15) is 57.9 Å². The first-order valence-electron chi connectivity index (χ1n) is 8.51. The summed E-state index contributed by atoms with van der Waals surface area (Å²) in [6, 6.07) is 5.92. The van der Waals surface area contributed by atoms with Crippen molar-refractivity contribution < 1.29 is 4.39 Å². The maximum atomic E-state index is 13.6. The summed E-state index contributed by atoms with van der Waals surface area (Å²) in [6.45, 7) is 7.36. The van der Waals surface area contributed by atoms with E-state index in [4.69, 9.17) is 0 Å². The Hall–Kier alpha value is -1.09. The quantitative estimate of drug-likeness (QED) is 0.684. The van der Waals surface area contributed by atoms with E-state index in [1.165, 1.54) is 44.2 Å². The summed E-state index contributed by atoms with van der Waals surface area (Å²) < 4.78 is 13.6. The van der Waals surface area contributed by atoms with Crippen LogP contribution >= 0.6 is 0 Å². The molecule has 0 amide bonds. The molecule has 0 heterocycles. The van der Waals surface area contributed by atoms with Crippen LogP contribution in [-0.4, -0.2) is 19.1 Å². The van der Waals surface area contributed by atoms with Crippen LogP contribution in [0.2, 0.25) is 0 Å². The van der Waals surface area contributed by atoms with Gasteiger partial charge in [0.15, 0.2) is 0 Å². The molecule has 2 nitrogen and oxygen atoms in total. The Bertz CT molecular complexity index is 421. The minimum Gasteiger partial charge on any atom is -0.371 e. The molecule has 3 heteroatoms. The van der Waals surface area contributed by atoms with Gasteiger partial charge in [-0.3, -0.25) is 0 Å². The molecule has 0 spiro atoms. The van der Waals surface area contributed by atoms with Gasteiger partial charge in [0.1, 0.15) is 5.82 Å². The van der Waals surface area contributed by atoms with E-state index >= 15 is 0 Å². The lowest BCUT2D eigenvalue weighted by molar-refractivity contribution is 0.615. The molecule has 1 aromatic carbocycles. The van der Waals surface area contributed by atoms with Crippen molar-refractivity contribution >= 4 is 5.69 Å². The van der Waals surface area contributed by atoms with Gasteiger partial charge in [-0.15, -0.1) is 0 Å². The number of unbranched alkanes of at least 4 members (excludes halogenated alkanes) is 2. The van der Waals surface area contributed by atoms with Gasteiger partial charge in [-0.25, -0.2) is 4.39 Å². The SMILES string of the molecule is CCCCN(CCCC)c1ccc(F)cc1CNC1CC1. The second kappa shape index (κ2) is 8.38. The van der Waals surface area contributed by atoms with Crippen LogP contribution in [0.25, 0.3) is 0 Å². The summed E-state index contributed by atoms with van der Waals surface area (Å²) in [4.78, 5) is 2.44. The molecule has 0 bridgehead atoms. The standard InChI is InChI=1S/C18H29FN2/c1-3-5-11-21(12-6-4-2)18-10-7-16(19)13-15(18)14-20-17-8-9-17/h7,10,13,17,20H,3-6,8-9,11-12,14H2,1-2H3. The zero-order valence-electron chi connectivity index (χ0n) is 13.5. The van der Waals surface area contributed by atoms with Gasteiger partial charge < -0.3 is 10.2 Å². The normalized spacial score (nSPS) is 14.4. The fourth-order valence-corrected chi connectivity index (χ4v) is 2.60. The van der Waals surface area contributed by atoms with Crippen molar-refractivity contribution in [1.82, 2.24) is 5.32 Å². The highest BCUT2D eigenvalue weighted by Crippen LogP contribution is 2.25. The fourth-order valence-electron chi connectivity index (χ4n) is 2.60. The lowest BCUT2D eigenvalue weighted by Gasteiger charge is -2.27. The molecule has 1 aliphatic rings. The monoisotopic (exact) mass is 292 g/mol. The van der Waals surface area contributed by atoms with Crippen LogP contribution in [0.4, 0.5) is 10.1 Å². The summed E-state index contributed by atoms with van der Waals surface area (Å²) in [5.74, 6) is -0.128. The third-order valence-electron chi connectivity index (χ3n) is 4.10. The Morgan fingerprint density at radius 1 is 1.14 bits per heavy atom. The highest BCUT2D eigenvalue weighted by atomic mass is 19.1. The molecule has 0 aliphatic heterocycles. The van der Waals surface area contributed by atoms with Gasteiger partial charge in [0, 0.05) is 31.4 Å². The minimum atomic E-state index is -0.128. The number of hydrogen-bond donors (Lipinski definition) is 1. The molecule has 1 fully saturated rings. The number of anilines is 1. The van der Waals surface area contributed by atoms with Crippen LogP contribution in [0, 0.1) is 5.82 Å². The number of halogens is 1. The van der Waals surface area contributed by atoms with Crippen molar-refractivity contribution in [2.24, 2.45) is 0 Å². The Morgan fingerprint density at radius 3 is 2.38 bits per heavy atom. The molecule has 118 valence electrons. The average Bonchev–Trinajstić information content (AvgIpc) is 3.30. The molecule has 0 aromatic heterocycles. The van der Waals surface area contributed by atoms with Crippen LogP contribution < -0.4 is 10.2 Å². The van der Waals surface area contributed by atoms with Crippen LogP contribution in [-0.2, 0) is 6.54 Å². The molecule has 1 aromatic rings. The number of nitrogens with one attached hydrogen (secondary N) is 1. The second-order valence-electron chi connectivity index (χ2n) is 6.12. The van der Waals surface area contributed by atoms with Gasteiger partial charge in [0.05, 0.1) is 0 Å². The smallest absolute Gasteiger partial charge is 0.123 e. The summed E-state index contributed by atoms with van der Waals surface area (Å²) in [5.41, 5.74) is 2.32. The number of hydrogen-bond acceptors (Lipinski definition) is 2. The predicted octanol–water partition coefficient (Wildman–Crippen LogP) is 4.48. The molecule has 0 radical (unpaired) electrons. The van der Waals surface area contributed by atoms with Gasteiger partial charge in [0.25, 0.3) is 0 Å². The second-order valence-corrected chi connectivity index (χ2v) is 6.12. The average molecular weight is 292 g/mol. The lowest BCUT2D eigenvalue weighted by Crippen LogP contribution is -2.28. The first-order chi connectivity index (χ1) is 10.2. The third kappa shape index (κ3) is 5.31. The summed E-state index contributed by atoms with van der Waals surface area (Å²) in [6.07, 6.45) is 7.30. The van der Waals surface area contributed by atoms with Crippen molar-refractivity contribution in [3.05, 3.63) is 29.6 Å². The van der Waals surface area contributed by atoms with E-state index < -0.39 is 0 Å². The van der Waals surface area contributed by atoms with Crippen molar-refractivity contribution in [2.75, 3.05) is 18.0 Å². The number of nitrogens with zero attached hydrogens (tertiary/aromatic N) is 1. The van der Waals surface area contributed by atoms with Gasteiger partial charge >= 0.3 is 0 Å². The van der Waals surface area contributed by atoms with E-state index in [-0.39, 0.29) is 5.82 Å². The summed E-state index contributed by atoms with van der Waals surface area (Å²) in [5, 5.41) is 3.51. The van der Waals surface area contributed by atoms with Gasteiger partial charge in [-0.05, 0) is 49.4 Å². The van der Waals surface area contributed by atoms with E-state index in [2.05, 4.69) is 24.1 Å².